The fraction of sp³-hybridized carbons (Fsp3) is 0.333. The quantitative estimate of drug-likeness (QED) is 0.336. The predicted octanol–water partition coefficient (Wildman–Crippen LogP) is 4.67. The van der Waals surface area contributed by atoms with Crippen LogP contribution in [0.4, 0.5) is 0 Å². The van der Waals surface area contributed by atoms with E-state index in [0.717, 1.165) is 58.5 Å². The van der Waals surface area contributed by atoms with E-state index in [9.17, 15) is 4.79 Å². The Labute approximate surface area is 205 Å². The molecule has 0 radical (unpaired) electrons. The highest BCUT2D eigenvalue weighted by Gasteiger charge is 2.17. The summed E-state index contributed by atoms with van der Waals surface area (Å²) in [4.78, 5) is 21.7. The first-order valence-electron chi connectivity index (χ1n) is 12.0. The number of aromatic amines is 1. The molecule has 4 rings (SSSR count). The van der Waals surface area contributed by atoms with Gasteiger partial charge in [-0.25, -0.2) is 15.1 Å². The summed E-state index contributed by atoms with van der Waals surface area (Å²) in [5, 5.41) is 14.3. The van der Waals surface area contributed by atoms with E-state index in [1.165, 1.54) is 0 Å². The molecule has 1 N–H and O–H groups in total. The molecule has 8 nitrogen and oxygen atoms in total. The van der Waals surface area contributed by atoms with Crippen LogP contribution >= 0.6 is 0 Å². The zero-order chi connectivity index (χ0) is 24.6. The molecule has 0 aliphatic carbocycles. The standard InChI is InChI=1S/C27H30N6O2/c1-4-6-11-24-23(25(29-18(3)28-24)17-26(34)35-5-2)16-19-12-14-20(15-13-19)21-9-7-8-10-22(21)27-30-32-33-31-27/h7-10,12-15H,4-6,11,16-17H2,1-3H3,(H,30,31,32,33). The van der Waals surface area contributed by atoms with Crippen LogP contribution in [-0.4, -0.2) is 43.2 Å². The zero-order valence-electron chi connectivity index (χ0n) is 20.4. The molecule has 0 amide bonds. The van der Waals surface area contributed by atoms with Gasteiger partial charge in [-0.3, -0.25) is 4.79 Å². The largest absolute Gasteiger partial charge is 0.466 e. The van der Waals surface area contributed by atoms with Crippen molar-refractivity contribution in [2.24, 2.45) is 0 Å². The van der Waals surface area contributed by atoms with Crippen LogP contribution in [0.2, 0.25) is 0 Å². The van der Waals surface area contributed by atoms with Gasteiger partial charge in [-0.2, -0.15) is 0 Å². The Hall–Kier alpha value is -3.94. The Morgan fingerprint density at radius 2 is 1.71 bits per heavy atom. The van der Waals surface area contributed by atoms with Gasteiger partial charge in [-0.15, -0.1) is 5.10 Å². The first-order valence-corrected chi connectivity index (χ1v) is 12.0. The lowest BCUT2D eigenvalue weighted by Crippen LogP contribution is -2.15. The maximum Gasteiger partial charge on any atom is 0.311 e. The van der Waals surface area contributed by atoms with Crippen molar-refractivity contribution < 1.29 is 9.53 Å². The maximum absolute atomic E-state index is 12.3. The van der Waals surface area contributed by atoms with E-state index in [-0.39, 0.29) is 12.4 Å². The summed E-state index contributed by atoms with van der Waals surface area (Å²) in [7, 11) is 0. The number of rotatable bonds is 10. The van der Waals surface area contributed by atoms with Crippen LogP contribution in [0.3, 0.4) is 0 Å². The van der Waals surface area contributed by atoms with Crippen LogP contribution in [0.5, 0.6) is 0 Å². The summed E-state index contributed by atoms with van der Waals surface area (Å²) >= 11 is 0. The number of aromatic nitrogens is 6. The monoisotopic (exact) mass is 470 g/mol. The fourth-order valence-corrected chi connectivity index (χ4v) is 4.19. The molecule has 0 fully saturated rings. The van der Waals surface area contributed by atoms with Crippen LogP contribution in [0.15, 0.2) is 48.5 Å². The molecule has 0 atom stereocenters. The molecule has 35 heavy (non-hydrogen) atoms. The number of hydrogen-bond acceptors (Lipinski definition) is 7. The Kier molecular flexibility index (Phi) is 7.92. The molecule has 2 aromatic carbocycles. The van der Waals surface area contributed by atoms with Crippen LogP contribution in [0, 0.1) is 6.92 Å². The van der Waals surface area contributed by atoms with Gasteiger partial charge in [-0.1, -0.05) is 61.9 Å². The van der Waals surface area contributed by atoms with E-state index in [4.69, 9.17) is 9.72 Å². The highest BCUT2D eigenvalue weighted by molar-refractivity contribution is 5.80. The van der Waals surface area contributed by atoms with E-state index in [0.29, 0.717) is 24.7 Å². The second-order valence-electron chi connectivity index (χ2n) is 8.40. The topological polar surface area (TPSA) is 107 Å². The number of aryl methyl sites for hydroxylation is 2. The molecule has 2 heterocycles. The normalized spacial score (nSPS) is 10.9. The molecule has 180 valence electrons. The number of nitrogens with zero attached hydrogens (tertiary/aromatic N) is 5. The lowest BCUT2D eigenvalue weighted by atomic mass is 9.94. The number of carbonyl (C=O) groups excluding carboxylic acids is 1. The number of unbranched alkanes of at least 4 members (excludes halogenated alkanes) is 1. The van der Waals surface area contributed by atoms with Gasteiger partial charge < -0.3 is 4.74 Å². The van der Waals surface area contributed by atoms with E-state index in [1.807, 2.05) is 32.0 Å². The third kappa shape index (κ3) is 5.95. The number of esters is 1. The number of tetrazole rings is 1. The molecular weight excluding hydrogens is 440 g/mol. The lowest BCUT2D eigenvalue weighted by molar-refractivity contribution is -0.142. The van der Waals surface area contributed by atoms with Gasteiger partial charge in [0.1, 0.15) is 5.82 Å². The highest BCUT2D eigenvalue weighted by Crippen LogP contribution is 2.30. The molecular formula is C27H30N6O2. The average molecular weight is 471 g/mol. The van der Waals surface area contributed by atoms with Crippen molar-refractivity contribution in [1.82, 2.24) is 30.6 Å². The van der Waals surface area contributed by atoms with Crippen LogP contribution in [-0.2, 0) is 28.8 Å². The molecule has 4 aromatic rings. The van der Waals surface area contributed by atoms with E-state index in [2.05, 4.69) is 62.9 Å². The van der Waals surface area contributed by atoms with E-state index in [1.54, 1.807) is 0 Å². The number of H-pyrrole nitrogens is 1. The summed E-state index contributed by atoms with van der Waals surface area (Å²) in [6.07, 6.45) is 3.78. The Balaban J connectivity index is 1.65. The third-order valence-electron chi connectivity index (χ3n) is 5.85. The number of ether oxygens (including phenoxy) is 1. The molecule has 0 saturated heterocycles. The van der Waals surface area contributed by atoms with Gasteiger partial charge in [0, 0.05) is 23.2 Å². The number of carbonyl (C=O) groups is 1. The van der Waals surface area contributed by atoms with Crippen molar-refractivity contribution in [3.8, 4) is 22.5 Å². The van der Waals surface area contributed by atoms with Gasteiger partial charge in [0.05, 0.1) is 18.7 Å². The van der Waals surface area contributed by atoms with Gasteiger partial charge in [0.2, 0.25) is 0 Å². The first-order chi connectivity index (χ1) is 17.1. The lowest BCUT2D eigenvalue weighted by Gasteiger charge is -2.15. The van der Waals surface area contributed by atoms with Crippen molar-refractivity contribution >= 4 is 5.97 Å². The van der Waals surface area contributed by atoms with Gasteiger partial charge in [0.15, 0.2) is 5.82 Å². The summed E-state index contributed by atoms with van der Waals surface area (Å²) in [5.74, 6) is 1.06. The van der Waals surface area contributed by atoms with Crippen molar-refractivity contribution in [1.29, 1.82) is 0 Å². The van der Waals surface area contributed by atoms with E-state index >= 15 is 0 Å². The van der Waals surface area contributed by atoms with Crippen molar-refractivity contribution in [3.05, 3.63) is 76.9 Å². The molecule has 8 heteroatoms. The Bertz CT molecular complexity index is 1270. The van der Waals surface area contributed by atoms with Gasteiger partial charge >= 0.3 is 5.97 Å². The minimum atomic E-state index is -0.262. The number of hydrogen-bond donors (Lipinski definition) is 1. The van der Waals surface area contributed by atoms with Crippen LogP contribution in [0.1, 0.15) is 55.0 Å². The molecule has 0 aliphatic rings. The van der Waals surface area contributed by atoms with Crippen molar-refractivity contribution in [2.45, 2.75) is 52.9 Å². The molecule has 0 bridgehead atoms. The van der Waals surface area contributed by atoms with Gasteiger partial charge in [-0.05, 0) is 53.8 Å². The summed E-state index contributed by atoms with van der Waals surface area (Å²) < 4.78 is 5.20. The number of nitrogens with one attached hydrogen (secondary N) is 1. The van der Waals surface area contributed by atoms with Gasteiger partial charge in [0.25, 0.3) is 0 Å². The second kappa shape index (κ2) is 11.5. The maximum atomic E-state index is 12.3. The second-order valence-corrected chi connectivity index (χ2v) is 8.40. The summed E-state index contributed by atoms with van der Waals surface area (Å²) in [6.45, 7) is 6.21. The first kappa shape index (κ1) is 24.2. The highest BCUT2D eigenvalue weighted by atomic mass is 16.5. The van der Waals surface area contributed by atoms with Crippen LogP contribution in [0.25, 0.3) is 22.5 Å². The Morgan fingerprint density at radius 1 is 0.971 bits per heavy atom. The van der Waals surface area contributed by atoms with Crippen molar-refractivity contribution in [3.63, 3.8) is 0 Å². The molecule has 0 aliphatic heterocycles. The average Bonchev–Trinajstić information content (AvgIpc) is 3.40. The fourth-order valence-electron chi connectivity index (χ4n) is 4.19. The summed E-state index contributed by atoms with van der Waals surface area (Å²) in [5.41, 5.74) is 6.98. The third-order valence-corrected chi connectivity index (χ3v) is 5.85. The zero-order valence-corrected chi connectivity index (χ0v) is 20.4. The van der Waals surface area contributed by atoms with Crippen LogP contribution < -0.4 is 0 Å². The summed E-state index contributed by atoms with van der Waals surface area (Å²) in [6, 6.07) is 16.5. The molecule has 2 aromatic heterocycles. The minimum Gasteiger partial charge on any atom is -0.466 e. The molecule has 0 unspecified atom stereocenters. The number of benzene rings is 2. The smallest absolute Gasteiger partial charge is 0.311 e. The van der Waals surface area contributed by atoms with Crippen molar-refractivity contribution in [2.75, 3.05) is 6.61 Å². The Morgan fingerprint density at radius 3 is 2.40 bits per heavy atom. The van der Waals surface area contributed by atoms with E-state index < -0.39 is 0 Å². The predicted molar refractivity (Wildman–Crippen MR) is 134 cm³/mol. The molecule has 0 saturated carbocycles. The SMILES string of the molecule is CCCCc1nc(C)nc(CC(=O)OCC)c1Cc1ccc(-c2ccccc2-c2nnn[nH]2)cc1. The molecule has 0 spiro atoms. The minimum absolute atomic E-state index is 0.155.